The number of nitrogens with zero attached hydrogens (tertiary/aromatic N) is 1. The lowest BCUT2D eigenvalue weighted by Gasteiger charge is -2.04. The van der Waals surface area contributed by atoms with Gasteiger partial charge in [-0.05, 0) is 12.1 Å². The molecule has 1 aromatic rings. The summed E-state index contributed by atoms with van der Waals surface area (Å²) in [7, 11) is 0. The number of pyridine rings is 1. The van der Waals surface area contributed by atoms with Crippen molar-refractivity contribution < 1.29 is 24.2 Å². The lowest BCUT2D eigenvalue weighted by Crippen LogP contribution is -2.29. The summed E-state index contributed by atoms with van der Waals surface area (Å²) < 4.78 is 4.40. The van der Waals surface area contributed by atoms with Crippen LogP contribution in [0.15, 0.2) is 18.3 Å². The zero-order valence-electron chi connectivity index (χ0n) is 9.25. The summed E-state index contributed by atoms with van der Waals surface area (Å²) in [5, 5.41) is 11.1. The molecule has 8 heteroatoms. The van der Waals surface area contributed by atoms with E-state index in [2.05, 4.69) is 15.0 Å². The molecule has 0 saturated carbocycles. The number of carbonyl (C=O) groups is 3. The molecule has 0 spiro atoms. The second-order valence-electron chi connectivity index (χ2n) is 3.16. The fraction of sp³-hybridized carbons (Fsp3) is 0.200. The molecule has 0 unspecified atom stereocenters. The van der Waals surface area contributed by atoms with Crippen LogP contribution in [0, 0.1) is 0 Å². The van der Waals surface area contributed by atoms with Crippen LogP contribution in [0.1, 0.15) is 20.8 Å². The summed E-state index contributed by atoms with van der Waals surface area (Å²) in [4.78, 5) is 36.0. The van der Waals surface area contributed by atoms with E-state index in [9.17, 15) is 14.4 Å². The van der Waals surface area contributed by atoms with Crippen LogP contribution in [-0.2, 0) is 4.74 Å². The monoisotopic (exact) mass is 253 g/mol. The minimum atomic E-state index is -1.12. The van der Waals surface area contributed by atoms with E-state index in [-0.39, 0.29) is 24.4 Å². The third kappa shape index (κ3) is 4.08. The molecule has 1 aromatic heterocycles. The van der Waals surface area contributed by atoms with Gasteiger partial charge in [0, 0.05) is 6.20 Å². The number of aromatic nitrogens is 1. The van der Waals surface area contributed by atoms with Crippen LogP contribution in [0.2, 0.25) is 0 Å². The first-order chi connectivity index (χ1) is 8.50. The minimum absolute atomic E-state index is 0.0105. The van der Waals surface area contributed by atoms with Gasteiger partial charge in [0.2, 0.25) is 0 Å². The highest BCUT2D eigenvalue weighted by Gasteiger charge is 2.08. The summed E-state index contributed by atoms with van der Waals surface area (Å²) in [5.74, 6) is -1.62. The lowest BCUT2D eigenvalue weighted by atomic mass is 10.2. The number of nitrogens with two attached hydrogens (primary N) is 1. The lowest BCUT2D eigenvalue weighted by molar-refractivity contribution is 0.0695. The number of primary amides is 1. The van der Waals surface area contributed by atoms with E-state index in [0.717, 1.165) is 6.20 Å². The molecule has 4 N–H and O–H groups in total. The maximum atomic E-state index is 11.5. The predicted octanol–water partition coefficient (Wildman–Crippen LogP) is -0.395. The van der Waals surface area contributed by atoms with Gasteiger partial charge in [0.25, 0.3) is 5.91 Å². The molecular formula is C10H11N3O5. The Morgan fingerprint density at radius 2 is 2.11 bits per heavy atom. The van der Waals surface area contributed by atoms with Gasteiger partial charge in [-0.25, -0.2) is 9.59 Å². The molecule has 1 heterocycles. The summed E-state index contributed by atoms with van der Waals surface area (Å²) in [6.07, 6.45) is 0.158. The average Bonchev–Trinajstić information content (AvgIpc) is 2.34. The smallest absolute Gasteiger partial charge is 0.404 e. The highest BCUT2D eigenvalue weighted by Crippen LogP contribution is 2.00. The Kier molecular flexibility index (Phi) is 4.61. The fourth-order valence-corrected chi connectivity index (χ4v) is 1.06. The Hall–Kier alpha value is -2.64. The quantitative estimate of drug-likeness (QED) is 0.612. The molecule has 96 valence electrons. The molecule has 2 amide bonds. The number of nitrogens with one attached hydrogen (secondary N) is 1. The van der Waals surface area contributed by atoms with Crippen molar-refractivity contribution in [3.63, 3.8) is 0 Å². The zero-order valence-corrected chi connectivity index (χ0v) is 9.25. The maximum absolute atomic E-state index is 11.5. The Labute approximate surface area is 102 Å². The van der Waals surface area contributed by atoms with Gasteiger partial charge in [-0.3, -0.25) is 9.78 Å². The van der Waals surface area contributed by atoms with Gasteiger partial charge in [-0.15, -0.1) is 0 Å². The molecule has 0 atom stereocenters. The van der Waals surface area contributed by atoms with Gasteiger partial charge >= 0.3 is 12.1 Å². The third-order valence-electron chi connectivity index (χ3n) is 1.88. The fourth-order valence-electron chi connectivity index (χ4n) is 1.06. The van der Waals surface area contributed by atoms with E-state index in [0.29, 0.717) is 0 Å². The molecule has 0 aliphatic carbocycles. The highest BCUT2D eigenvalue weighted by molar-refractivity contribution is 5.93. The largest absolute Gasteiger partial charge is 0.478 e. The van der Waals surface area contributed by atoms with E-state index in [4.69, 9.17) is 10.8 Å². The predicted molar refractivity (Wildman–Crippen MR) is 59.1 cm³/mol. The standard InChI is InChI=1S/C10H11N3O5/c11-10(17)18-4-3-12-8(14)7-2-1-6(5-13-7)9(15)16/h1-2,5H,3-4H2,(H2,11,17)(H,12,14)(H,15,16). The van der Waals surface area contributed by atoms with Crippen LogP contribution >= 0.6 is 0 Å². The number of hydrogen-bond donors (Lipinski definition) is 3. The van der Waals surface area contributed by atoms with Crippen LogP contribution in [0.5, 0.6) is 0 Å². The molecule has 0 radical (unpaired) electrons. The second kappa shape index (κ2) is 6.18. The molecule has 8 nitrogen and oxygen atoms in total. The highest BCUT2D eigenvalue weighted by atomic mass is 16.5. The van der Waals surface area contributed by atoms with Gasteiger partial charge in [-0.1, -0.05) is 0 Å². The van der Waals surface area contributed by atoms with E-state index in [1.165, 1.54) is 12.1 Å². The SMILES string of the molecule is NC(=O)OCCNC(=O)c1ccc(C(=O)O)cn1. The van der Waals surface area contributed by atoms with Crippen molar-refractivity contribution in [2.45, 2.75) is 0 Å². The molecular weight excluding hydrogens is 242 g/mol. The van der Waals surface area contributed by atoms with E-state index >= 15 is 0 Å². The van der Waals surface area contributed by atoms with Crippen LogP contribution < -0.4 is 11.1 Å². The van der Waals surface area contributed by atoms with Crippen molar-refractivity contribution in [3.05, 3.63) is 29.6 Å². The molecule has 0 saturated heterocycles. The van der Waals surface area contributed by atoms with Crippen molar-refractivity contribution in [2.75, 3.05) is 13.2 Å². The van der Waals surface area contributed by atoms with Gasteiger partial charge in [0.1, 0.15) is 12.3 Å². The second-order valence-corrected chi connectivity index (χ2v) is 3.16. The molecule has 0 aliphatic heterocycles. The first-order valence-corrected chi connectivity index (χ1v) is 4.90. The van der Waals surface area contributed by atoms with Gasteiger partial charge < -0.3 is 20.9 Å². The van der Waals surface area contributed by atoms with Crippen molar-refractivity contribution >= 4 is 18.0 Å². The number of amides is 2. The number of ether oxygens (including phenoxy) is 1. The molecule has 0 aromatic carbocycles. The van der Waals surface area contributed by atoms with Gasteiger partial charge in [0.15, 0.2) is 0 Å². The molecule has 1 rings (SSSR count). The normalized spacial score (nSPS) is 9.56. The molecule has 0 bridgehead atoms. The van der Waals surface area contributed by atoms with Crippen LogP contribution in [0.4, 0.5) is 4.79 Å². The van der Waals surface area contributed by atoms with Crippen LogP contribution in [0.25, 0.3) is 0 Å². The summed E-state index contributed by atoms with van der Waals surface area (Å²) in [6.45, 7) is 0.0401. The van der Waals surface area contributed by atoms with Crippen molar-refractivity contribution in [3.8, 4) is 0 Å². The number of rotatable bonds is 5. The van der Waals surface area contributed by atoms with E-state index < -0.39 is 18.0 Å². The van der Waals surface area contributed by atoms with Crippen molar-refractivity contribution in [1.82, 2.24) is 10.3 Å². The van der Waals surface area contributed by atoms with E-state index in [1.54, 1.807) is 0 Å². The average molecular weight is 253 g/mol. The Morgan fingerprint density at radius 3 is 2.61 bits per heavy atom. The minimum Gasteiger partial charge on any atom is -0.478 e. The number of hydrogen-bond acceptors (Lipinski definition) is 5. The van der Waals surface area contributed by atoms with E-state index in [1.807, 2.05) is 0 Å². The number of carbonyl (C=O) groups excluding carboxylic acids is 2. The third-order valence-corrected chi connectivity index (χ3v) is 1.88. The first kappa shape index (κ1) is 13.4. The summed E-state index contributed by atoms with van der Waals surface area (Å²) in [6, 6.07) is 2.55. The molecule has 0 fully saturated rings. The molecule has 0 aliphatic rings. The van der Waals surface area contributed by atoms with Crippen LogP contribution in [-0.4, -0.2) is 41.2 Å². The number of aromatic carboxylic acids is 1. The van der Waals surface area contributed by atoms with Gasteiger partial charge in [0.05, 0.1) is 12.1 Å². The Bertz CT molecular complexity index is 457. The topological polar surface area (TPSA) is 132 Å². The van der Waals surface area contributed by atoms with Crippen molar-refractivity contribution in [1.29, 1.82) is 0 Å². The van der Waals surface area contributed by atoms with Crippen molar-refractivity contribution in [2.24, 2.45) is 5.73 Å². The van der Waals surface area contributed by atoms with Gasteiger partial charge in [-0.2, -0.15) is 0 Å². The Balaban J connectivity index is 2.46. The zero-order chi connectivity index (χ0) is 13.5. The summed E-state index contributed by atoms with van der Waals surface area (Å²) >= 11 is 0. The van der Waals surface area contributed by atoms with Crippen LogP contribution in [0.3, 0.4) is 0 Å². The molecule has 18 heavy (non-hydrogen) atoms. The number of carboxylic acids is 1. The maximum Gasteiger partial charge on any atom is 0.404 e. The number of carboxylic acid groups (broad SMARTS) is 1. The Morgan fingerprint density at radius 1 is 1.39 bits per heavy atom. The summed E-state index contributed by atoms with van der Waals surface area (Å²) in [5.41, 5.74) is 4.78. The first-order valence-electron chi connectivity index (χ1n) is 4.90.